The highest BCUT2D eigenvalue weighted by Crippen LogP contribution is 2.23. The maximum Gasteiger partial charge on any atom is 0.249 e. The number of aryl methyl sites for hydroxylation is 3. The lowest BCUT2D eigenvalue weighted by Gasteiger charge is -2.09. The van der Waals surface area contributed by atoms with Gasteiger partial charge in [-0.3, -0.25) is 0 Å². The van der Waals surface area contributed by atoms with Gasteiger partial charge >= 0.3 is 0 Å². The number of aromatic nitrogens is 3. The second-order valence-electron chi connectivity index (χ2n) is 5.68. The Labute approximate surface area is 146 Å². The van der Waals surface area contributed by atoms with Gasteiger partial charge in [0.15, 0.2) is 5.82 Å². The molecule has 0 radical (unpaired) electrons. The quantitative estimate of drug-likeness (QED) is 0.705. The number of nitrogens with one attached hydrogen (secondary N) is 2. The minimum Gasteiger partial charge on any atom is -0.339 e. The van der Waals surface area contributed by atoms with E-state index in [9.17, 15) is 0 Å². The van der Waals surface area contributed by atoms with Crippen molar-refractivity contribution in [2.45, 2.75) is 20.8 Å². The van der Waals surface area contributed by atoms with Crippen LogP contribution in [0.15, 0.2) is 42.6 Å². The fourth-order valence-corrected chi connectivity index (χ4v) is 2.36. The molecule has 0 saturated carbocycles. The summed E-state index contributed by atoms with van der Waals surface area (Å²) in [5.74, 6) is 1.03. The van der Waals surface area contributed by atoms with Crippen LogP contribution >= 0.6 is 11.6 Å². The molecule has 3 aromatic rings. The van der Waals surface area contributed by atoms with Crippen LogP contribution in [0.4, 0.5) is 23.1 Å². The molecule has 0 unspecified atom stereocenters. The highest BCUT2D eigenvalue weighted by atomic mass is 35.5. The zero-order valence-electron chi connectivity index (χ0n) is 13.8. The zero-order valence-corrected chi connectivity index (χ0v) is 14.5. The zero-order chi connectivity index (χ0) is 17.1. The lowest BCUT2D eigenvalue weighted by molar-refractivity contribution is 0.982. The number of rotatable bonds is 4. The number of anilines is 4. The first-order valence-corrected chi connectivity index (χ1v) is 7.96. The fourth-order valence-electron chi connectivity index (χ4n) is 2.18. The van der Waals surface area contributed by atoms with Gasteiger partial charge in [0.1, 0.15) is 0 Å². The van der Waals surface area contributed by atoms with E-state index in [1.54, 1.807) is 6.20 Å². The van der Waals surface area contributed by atoms with Gasteiger partial charge in [0.25, 0.3) is 0 Å². The molecule has 1 aromatic heterocycles. The van der Waals surface area contributed by atoms with Crippen molar-refractivity contribution in [3.63, 3.8) is 0 Å². The molecule has 0 fully saturated rings. The van der Waals surface area contributed by atoms with Crippen LogP contribution in [0.5, 0.6) is 0 Å². The van der Waals surface area contributed by atoms with Crippen molar-refractivity contribution in [3.05, 3.63) is 64.3 Å². The average molecular weight is 340 g/mol. The van der Waals surface area contributed by atoms with Crippen molar-refractivity contribution in [1.29, 1.82) is 0 Å². The third kappa shape index (κ3) is 3.81. The molecule has 122 valence electrons. The Morgan fingerprint density at radius 2 is 1.54 bits per heavy atom. The largest absolute Gasteiger partial charge is 0.339 e. The number of hydrogen-bond acceptors (Lipinski definition) is 5. The molecule has 0 spiro atoms. The van der Waals surface area contributed by atoms with Crippen LogP contribution in [0.1, 0.15) is 16.7 Å². The lowest BCUT2D eigenvalue weighted by atomic mass is 10.1. The molecule has 0 aliphatic heterocycles. The van der Waals surface area contributed by atoms with Crippen LogP contribution in [0.2, 0.25) is 5.02 Å². The molecule has 0 amide bonds. The van der Waals surface area contributed by atoms with Gasteiger partial charge in [0, 0.05) is 16.4 Å². The van der Waals surface area contributed by atoms with Crippen LogP contribution in [0, 0.1) is 20.8 Å². The van der Waals surface area contributed by atoms with Gasteiger partial charge < -0.3 is 10.6 Å². The first-order valence-electron chi connectivity index (χ1n) is 7.58. The summed E-state index contributed by atoms with van der Waals surface area (Å²) in [7, 11) is 0. The van der Waals surface area contributed by atoms with Gasteiger partial charge in [0.05, 0.1) is 6.20 Å². The van der Waals surface area contributed by atoms with Crippen molar-refractivity contribution >= 4 is 34.7 Å². The minimum absolute atomic E-state index is 0.432. The Morgan fingerprint density at radius 1 is 0.833 bits per heavy atom. The van der Waals surface area contributed by atoms with Crippen molar-refractivity contribution in [2.75, 3.05) is 10.6 Å². The monoisotopic (exact) mass is 339 g/mol. The molecule has 2 aromatic carbocycles. The van der Waals surface area contributed by atoms with Crippen LogP contribution in [-0.4, -0.2) is 15.2 Å². The molecule has 0 aliphatic carbocycles. The van der Waals surface area contributed by atoms with E-state index < -0.39 is 0 Å². The van der Waals surface area contributed by atoms with E-state index in [1.165, 1.54) is 11.1 Å². The maximum atomic E-state index is 6.15. The van der Waals surface area contributed by atoms with E-state index in [-0.39, 0.29) is 0 Å². The van der Waals surface area contributed by atoms with E-state index in [1.807, 2.05) is 31.2 Å². The minimum atomic E-state index is 0.432. The molecular weight excluding hydrogens is 322 g/mol. The summed E-state index contributed by atoms with van der Waals surface area (Å²) in [6.07, 6.45) is 1.57. The second-order valence-corrected chi connectivity index (χ2v) is 6.09. The smallest absolute Gasteiger partial charge is 0.249 e. The van der Waals surface area contributed by atoms with Crippen molar-refractivity contribution in [2.24, 2.45) is 0 Å². The lowest BCUT2D eigenvalue weighted by Crippen LogP contribution is -2.02. The van der Waals surface area contributed by atoms with E-state index in [0.29, 0.717) is 16.8 Å². The summed E-state index contributed by atoms with van der Waals surface area (Å²) in [6, 6.07) is 11.9. The Balaban J connectivity index is 1.78. The third-order valence-electron chi connectivity index (χ3n) is 3.77. The standard InChI is InChI=1S/C18H18ClN5/c1-11-4-6-14(8-13(11)3)22-18-23-17(10-20-24-18)21-15-7-5-12(2)16(19)9-15/h4-10H,1-3H3,(H2,21,22,23,24). The molecule has 5 nitrogen and oxygen atoms in total. The Hall–Kier alpha value is -2.66. The summed E-state index contributed by atoms with van der Waals surface area (Å²) < 4.78 is 0. The highest BCUT2D eigenvalue weighted by Gasteiger charge is 2.04. The van der Waals surface area contributed by atoms with Gasteiger partial charge in [-0.2, -0.15) is 10.1 Å². The molecule has 3 rings (SSSR count). The first-order chi connectivity index (χ1) is 11.5. The third-order valence-corrected chi connectivity index (χ3v) is 4.17. The van der Waals surface area contributed by atoms with E-state index in [2.05, 4.69) is 51.8 Å². The fraction of sp³-hybridized carbons (Fsp3) is 0.167. The van der Waals surface area contributed by atoms with Gasteiger partial charge in [-0.25, -0.2) is 0 Å². The van der Waals surface area contributed by atoms with E-state index in [4.69, 9.17) is 11.6 Å². The summed E-state index contributed by atoms with van der Waals surface area (Å²) in [6.45, 7) is 6.11. The normalized spacial score (nSPS) is 10.5. The Bertz CT molecular complexity index is 810. The summed E-state index contributed by atoms with van der Waals surface area (Å²) in [5, 5.41) is 15.1. The molecule has 6 heteroatoms. The van der Waals surface area contributed by atoms with Gasteiger partial charge in [0.2, 0.25) is 5.95 Å². The van der Waals surface area contributed by atoms with Crippen LogP contribution in [0.25, 0.3) is 0 Å². The molecule has 0 saturated heterocycles. The number of halogens is 1. The molecule has 2 N–H and O–H groups in total. The van der Waals surface area contributed by atoms with Crippen LogP contribution in [0.3, 0.4) is 0 Å². The molecule has 0 aliphatic rings. The van der Waals surface area contributed by atoms with Gasteiger partial charge in [-0.05, 0) is 61.7 Å². The second kappa shape index (κ2) is 6.84. The van der Waals surface area contributed by atoms with Crippen LogP contribution in [-0.2, 0) is 0 Å². The topological polar surface area (TPSA) is 62.7 Å². The van der Waals surface area contributed by atoms with Gasteiger partial charge in [-0.1, -0.05) is 23.7 Å². The Morgan fingerprint density at radius 3 is 2.25 bits per heavy atom. The summed E-state index contributed by atoms with van der Waals surface area (Å²) in [4.78, 5) is 4.43. The van der Waals surface area contributed by atoms with Crippen molar-refractivity contribution in [1.82, 2.24) is 15.2 Å². The average Bonchev–Trinajstić information content (AvgIpc) is 2.55. The highest BCUT2D eigenvalue weighted by molar-refractivity contribution is 6.31. The Kier molecular flexibility index (Phi) is 4.62. The molecule has 1 heterocycles. The number of hydrogen-bond donors (Lipinski definition) is 2. The van der Waals surface area contributed by atoms with Crippen LogP contribution < -0.4 is 10.6 Å². The molecular formula is C18H18ClN5. The summed E-state index contributed by atoms with van der Waals surface area (Å²) in [5.41, 5.74) is 5.25. The van der Waals surface area contributed by atoms with E-state index >= 15 is 0 Å². The predicted molar refractivity (Wildman–Crippen MR) is 98.5 cm³/mol. The first kappa shape index (κ1) is 16.2. The van der Waals surface area contributed by atoms with E-state index in [0.717, 1.165) is 16.9 Å². The number of benzene rings is 2. The molecule has 0 atom stereocenters. The SMILES string of the molecule is Cc1ccc(Nc2nncc(Nc3ccc(C)c(Cl)c3)n2)cc1C. The molecule has 0 bridgehead atoms. The molecule has 24 heavy (non-hydrogen) atoms. The number of nitrogens with zero attached hydrogens (tertiary/aromatic N) is 3. The maximum absolute atomic E-state index is 6.15. The van der Waals surface area contributed by atoms with Crippen molar-refractivity contribution < 1.29 is 0 Å². The van der Waals surface area contributed by atoms with Crippen molar-refractivity contribution in [3.8, 4) is 0 Å². The van der Waals surface area contributed by atoms with Gasteiger partial charge in [-0.15, -0.1) is 5.10 Å². The summed E-state index contributed by atoms with van der Waals surface area (Å²) >= 11 is 6.15. The predicted octanol–water partition coefficient (Wildman–Crippen LogP) is 4.94.